The maximum Gasteiger partial charge on any atom is 0.150 e. The standard InChI is InChI=1S/C15H22BrNO3S/c1-2-21(18,19)9-3-8-20-15-7-4-12(10-14(15)16)11-17-13-5-6-13/h4,7,10,13,17H,2-3,5-6,8-9,11H2,1H3. The summed E-state index contributed by atoms with van der Waals surface area (Å²) in [4.78, 5) is 0. The molecule has 0 heterocycles. The van der Waals surface area contributed by atoms with E-state index in [-0.39, 0.29) is 11.5 Å². The van der Waals surface area contributed by atoms with Crippen molar-refractivity contribution in [3.63, 3.8) is 0 Å². The van der Waals surface area contributed by atoms with Gasteiger partial charge < -0.3 is 10.1 Å². The summed E-state index contributed by atoms with van der Waals surface area (Å²) in [7, 11) is -2.90. The van der Waals surface area contributed by atoms with Crippen LogP contribution in [0.15, 0.2) is 22.7 Å². The number of halogens is 1. The number of nitrogens with one attached hydrogen (secondary N) is 1. The Kier molecular flexibility index (Phi) is 6.08. The average molecular weight is 376 g/mol. The van der Waals surface area contributed by atoms with Crippen molar-refractivity contribution in [1.29, 1.82) is 0 Å². The zero-order valence-electron chi connectivity index (χ0n) is 12.3. The van der Waals surface area contributed by atoms with Crippen molar-refractivity contribution < 1.29 is 13.2 Å². The van der Waals surface area contributed by atoms with Crippen molar-refractivity contribution in [3.8, 4) is 5.75 Å². The first-order valence-corrected chi connectivity index (χ1v) is 9.96. The van der Waals surface area contributed by atoms with Gasteiger partial charge in [0, 0.05) is 18.3 Å². The fourth-order valence-electron chi connectivity index (χ4n) is 1.93. The largest absolute Gasteiger partial charge is 0.492 e. The van der Waals surface area contributed by atoms with Crippen LogP contribution >= 0.6 is 15.9 Å². The third kappa shape index (κ3) is 5.96. The SMILES string of the molecule is CCS(=O)(=O)CCCOc1ccc(CNC2CC2)cc1Br. The van der Waals surface area contributed by atoms with Gasteiger partial charge in [0.2, 0.25) is 0 Å². The van der Waals surface area contributed by atoms with E-state index in [9.17, 15) is 8.42 Å². The number of hydrogen-bond donors (Lipinski definition) is 1. The second-order valence-electron chi connectivity index (χ2n) is 5.36. The van der Waals surface area contributed by atoms with Crippen LogP contribution in [0, 0.1) is 0 Å². The summed E-state index contributed by atoms with van der Waals surface area (Å²) in [6.07, 6.45) is 3.08. The van der Waals surface area contributed by atoms with Gasteiger partial charge in [0.05, 0.1) is 16.8 Å². The monoisotopic (exact) mass is 375 g/mol. The van der Waals surface area contributed by atoms with E-state index in [0.29, 0.717) is 19.1 Å². The lowest BCUT2D eigenvalue weighted by Gasteiger charge is -2.10. The summed E-state index contributed by atoms with van der Waals surface area (Å²) in [5.74, 6) is 1.14. The Bertz CT molecular complexity index is 570. The van der Waals surface area contributed by atoms with Crippen LogP contribution in [0.5, 0.6) is 5.75 Å². The molecular weight excluding hydrogens is 354 g/mol. The fourth-order valence-corrected chi connectivity index (χ4v) is 3.31. The molecule has 0 atom stereocenters. The second-order valence-corrected chi connectivity index (χ2v) is 8.69. The molecule has 1 aromatic carbocycles. The molecule has 0 radical (unpaired) electrons. The minimum atomic E-state index is -2.90. The molecule has 21 heavy (non-hydrogen) atoms. The topological polar surface area (TPSA) is 55.4 Å². The normalized spacial score (nSPS) is 15.1. The Morgan fingerprint density at radius 3 is 2.76 bits per heavy atom. The Morgan fingerprint density at radius 2 is 2.14 bits per heavy atom. The van der Waals surface area contributed by atoms with Crippen molar-refractivity contribution >= 4 is 25.8 Å². The lowest BCUT2D eigenvalue weighted by atomic mass is 10.2. The highest BCUT2D eigenvalue weighted by Crippen LogP contribution is 2.27. The van der Waals surface area contributed by atoms with Crippen LogP contribution in [0.4, 0.5) is 0 Å². The van der Waals surface area contributed by atoms with Gasteiger partial charge in [-0.1, -0.05) is 13.0 Å². The average Bonchev–Trinajstić information content (AvgIpc) is 3.27. The summed E-state index contributed by atoms with van der Waals surface area (Å²) < 4.78 is 29.3. The van der Waals surface area contributed by atoms with E-state index < -0.39 is 9.84 Å². The van der Waals surface area contributed by atoms with Gasteiger partial charge in [-0.15, -0.1) is 0 Å². The van der Waals surface area contributed by atoms with Crippen LogP contribution in [-0.2, 0) is 16.4 Å². The van der Waals surface area contributed by atoms with E-state index in [1.54, 1.807) is 6.92 Å². The highest BCUT2D eigenvalue weighted by atomic mass is 79.9. The first kappa shape index (κ1) is 16.8. The molecule has 2 rings (SSSR count). The zero-order valence-corrected chi connectivity index (χ0v) is 14.7. The van der Waals surface area contributed by atoms with Gasteiger partial charge in [-0.25, -0.2) is 8.42 Å². The molecule has 1 aliphatic carbocycles. The van der Waals surface area contributed by atoms with E-state index in [1.165, 1.54) is 18.4 Å². The van der Waals surface area contributed by atoms with Crippen molar-refractivity contribution in [2.45, 2.75) is 38.8 Å². The minimum absolute atomic E-state index is 0.185. The second kappa shape index (κ2) is 7.61. The van der Waals surface area contributed by atoms with E-state index in [2.05, 4.69) is 21.2 Å². The molecule has 1 N–H and O–H groups in total. The van der Waals surface area contributed by atoms with Crippen LogP contribution in [0.1, 0.15) is 31.7 Å². The number of sulfone groups is 1. The van der Waals surface area contributed by atoms with Gasteiger partial charge in [-0.05, 0) is 52.9 Å². The van der Waals surface area contributed by atoms with Crippen LogP contribution in [0.2, 0.25) is 0 Å². The van der Waals surface area contributed by atoms with Crippen LogP contribution in [0.25, 0.3) is 0 Å². The van der Waals surface area contributed by atoms with Crippen molar-refractivity contribution in [1.82, 2.24) is 5.32 Å². The van der Waals surface area contributed by atoms with E-state index in [4.69, 9.17) is 4.74 Å². The zero-order chi connectivity index (χ0) is 15.3. The molecule has 0 amide bonds. The molecule has 0 aromatic heterocycles. The van der Waals surface area contributed by atoms with Crippen LogP contribution < -0.4 is 10.1 Å². The Balaban J connectivity index is 1.77. The van der Waals surface area contributed by atoms with Crippen molar-refractivity contribution in [3.05, 3.63) is 28.2 Å². The maximum absolute atomic E-state index is 11.4. The molecule has 1 aromatic rings. The predicted molar refractivity (Wildman–Crippen MR) is 88.4 cm³/mol. The smallest absolute Gasteiger partial charge is 0.150 e. The molecule has 4 nitrogen and oxygen atoms in total. The van der Waals surface area contributed by atoms with Crippen molar-refractivity contribution in [2.24, 2.45) is 0 Å². The molecule has 1 fully saturated rings. The lowest BCUT2D eigenvalue weighted by Crippen LogP contribution is -2.15. The first-order chi connectivity index (χ1) is 10.00. The van der Waals surface area contributed by atoms with Crippen LogP contribution in [-0.4, -0.2) is 32.6 Å². The molecule has 0 unspecified atom stereocenters. The van der Waals surface area contributed by atoms with E-state index in [0.717, 1.165) is 16.8 Å². The van der Waals surface area contributed by atoms with Gasteiger partial charge in [0.15, 0.2) is 0 Å². The van der Waals surface area contributed by atoms with Gasteiger partial charge >= 0.3 is 0 Å². The Labute approximate surface area is 135 Å². The van der Waals surface area contributed by atoms with Crippen molar-refractivity contribution in [2.75, 3.05) is 18.1 Å². The number of ether oxygens (including phenoxy) is 1. The summed E-state index contributed by atoms with van der Waals surface area (Å²) in [6.45, 7) is 2.96. The highest BCUT2D eigenvalue weighted by molar-refractivity contribution is 9.10. The van der Waals surface area contributed by atoms with E-state index in [1.807, 2.05) is 18.2 Å². The lowest BCUT2D eigenvalue weighted by molar-refractivity contribution is 0.315. The third-order valence-electron chi connectivity index (χ3n) is 3.47. The Morgan fingerprint density at radius 1 is 1.38 bits per heavy atom. The molecule has 0 aliphatic heterocycles. The molecule has 1 aliphatic rings. The molecule has 0 spiro atoms. The minimum Gasteiger partial charge on any atom is -0.492 e. The fraction of sp³-hybridized carbons (Fsp3) is 0.600. The first-order valence-electron chi connectivity index (χ1n) is 7.35. The van der Waals surface area contributed by atoms with E-state index >= 15 is 0 Å². The third-order valence-corrected chi connectivity index (χ3v) is 5.88. The van der Waals surface area contributed by atoms with Gasteiger partial charge in [0.25, 0.3) is 0 Å². The molecular formula is C15H22BrNO3S. The summed E-state index contributed by atoms with van der Waals surface area (Å²) in [5.41, 5.74) is 1.22. The molecule has 0 bridgehead atoms. The quantitative estimate of drug-likeness (QED) is 0.674. The predicted octanol–water partition coefficient (Wildman–Crippen LogP) is 2.90. The van der Waals surface area contributed by atoms with Gasteiger partial charge in [0.1, 0.15) is 15.6 Å². The van der Waals surface area contributed by atoms with Gasteiger partial charge in [-0.2, -0.15) is 0 Å². The number of benzene rings is 1. The molecule has 118 valence electrons. The van der Waals surface area contributed by atoms with Crippen LogP contribution in [0.3, 0.4) is 0 Å². The Hall–Kier alpha value is -0.590. The molecule has 6 heteroatoms. The molecule has 1 saturated carbocycles. The number of hydrogen-bond acceptors (Lipinski definition) is 4. The number of rotatable bonds is 9. The summed E-state index contributed by atoms with van der Waals surface area (Å²) in [5, 5.41) is 3.47. The summed E-state index contributed by atoms with van der Waals surface area (Å²) in [6, 6.07) is 6.72. The summed E-state index contributed by atoms with van der Waals surface area (Å²) >= 11 is 3.50. The highest BCUT2D eigenvalue weighted by Gasteiger charge is 2.20. The van der Waals surface area contributed by atoms with Gasteiger partial charge in [-0.3, -0.25) is 0 Å². The maximum atomic E-state index is 11.4. The molecule has 0 saturated heterocycles.